The van der Waals surface area contributed by atoms with Gasteiger partial charge in [0.05, 0.1) is 11.5 Å². The van der Waals surface area contributed by atoms with E-state index in [-0.39, 0.29) is 10.6 Å². The summed E-state index contributed by atoms with van der Waals surface area (Å²) in [5.41, 5.74) is 0.904. The summed E-state index contributed by atoms with van der Waals surface area (Å²) >= 11 is 0. The van der Waals surface area contributed by atoms with Crippen LogP contribution < -0.4 is 5.32 Å². The molecular formula is C12H15N5O2. The second-order valence-electron chi connectivity index (χ2n) is 4.17. The molecule has 0 atom stereocenters. The highest BCUT2D eigenvalue weighted by Gasteiger charge is 2.11. The minimum atomic E-state index is -0.349. The molecule has 0 aliphatic rings. The van der Waals surface area contributed by atoms with Crippen LogP contribution in [0.15, 0.2) is 30.6 Å². The SMILES string of the molecule is Cn1cnnc1CNCCc1ccccc1[N+](=O)[O-]. The van der Waals surface area contributed by atoms with E-state index in [1.165, 1.54) is 6.07 Å². The molecule has 0 fully saturated rings. The summed E-state index contributed by atoms with van der Waals surface area (Å²) in [6.07, 6.45) is 2.24. The number of benzene rings is 1. The van der Waals surface area contributed by atoms with Gasteiger partial charge < -0.3 is 9.88 Å². The van der Waals surface area contributed by atoms with Gasteiger partial charge in [0.25, 0.3) is 5.69 Å². The Balaban J connectivity index is 1.86. The van der Waals surface area contributed by atoms with Crippen LogP contribution in [-0.4, -0.2) is 26.2 Å². The van der Waals surface area contributed by atoms with Crippen molar-refractivity contribution in [2.24, 2.45) is 7.05 Å². The van der Waals surface area contributed by atoms with E-state index in [9.17, 15) is 10.1 Å². The number of nitrogens with zero attached hydrogens (tertiary/aromatic N) is 4. The molecule has 0 unspecified atom stereocenters. The standard InChI is InChI=1S/C12H15N5O2/c1-16-9-14-15-12(16)8-13-7-6-10-4-2-3-5-11(10)17(18)19/h2-5,9,13H,6-8H2,1H3. The fourth-order valence-corrected chi connectivity index (χ4v) is 1.79. The molecule has 1 N–H and O–H groups in total. The van der Waals surface area contributed by atoms with Crippen LogP contribution in [-0.2, 0) is 20.0 Å². The molecular weight excluding hydrogens is 246 g/mol. The van der Waals surface area contributed by atoms with Gasteiger partial charge >= 0.3 is 0 Å². The second-order valence-corrected chi connectivity index (χ2v) is 4.17. The average molecular weight is 261 g/mol. The highest BCUT2D eigenvalue weighted by Crippen LogP contribution is 2.17. The lowest BCUT2D eigenvalue weighted by Gasteiger charge is -2.05. The maximum Gasteiger partial charge on any atom is 0.272 e. The van der Waals surface area contributed by atoms with Crippen molar-refractivity contribution in [3.63, 3.8) is 0 Å². The van der Waals surface area contributed by atoms with Crippen LogP contribution in [0.5, 0.6) is 0 Å². The third-order valence-electron chi connectivity index (χ3n) is 2.85. The summed E-state index contributed by atoms with van der Waals surface area (Å²) in [4.78, 5) is 10.5. The molecule has 0 radical (unpaired) electrons. The second kappa shape index (κ2) is 6.05. The Bertz CT molecular complexity index is 567. The van der Waals surface area contributed by atoms with Crippen molar-refractivity contribution in [2.45, 2.75) is 13.0 Å². The van der Waals surface area contributed by atoms with E-state index in [0.29, 0.717) is 19.5 Å². The van der Waals surface area contributed by atoms with Crippen molar-refractivity contribution in [1.29, 1.82) is 0 Å². The minimum Gasteiger partial charge on any atom is -0.320 e. The summed E-state index contributed by atoms with van der Waals surface area (Å²) < 4.78 is 1.83. The third kappa shape index (κ3) is 3.35. The maximum atomic E-state index is 10.8. The van der Waals surface area contributed by atoms with Crippen molar-refractivity contribution < 1.29 is 4.92 Å². The van der Waals surface area contributed by atoms with Gasteiger partial charge in [-0.15, -0.1) is 10.2 Å². The Labute approximate surface area is 110 Å². The predicted octanol–water partition coefficient (Wildman–Crippen LogP) is 1.06. The van der Waals surface area contributed by atoms with Crippen molar-refractivity contribution >= 4 is 5.69 Å². The molecule has 0 aliphatic carbocycles. The Hall–Kier alpha value is -2.28. The normalized spacial score (nSPS) is 10.6. The van der Waals surface area contributed by atoms with E-state index in [1.807, 2.05) is 17.7 Å². The lowest BCUT2D eigenvalue weighted by molar-refractivity contribution is -0.385. The van der Waals surface area contributed by atoms with Gasteiger partial charge in [-0.1, -0.05) is 18.2 Å². The first kappa shape index (κ1) is 13.2. The molecule has 7 nitrogen and oxygen atoms in total. The molecule has 19 heavy (non-hydrogen) atoms. The fourth-order valence-electron chi connectivity index (χ4n) is 1.79. The van der Waals surface area contributed by atoms with Crippen molar-refractivity contribution in [2.75, 3.05) is 6.54 Å². The predicted molar refractivity (Wildman–Crippen MR) is 69.5 cm³/mol. The Kier molecular flexibility index (Phi) is 4.19. The van der Waals surface area contributed by atoms with Crippen LogP contribution in [0.1, 0.15) is 11.4 Å². The maximum absolute atomic E-state index is 10.8. The summed E-state index contributed by atoms with van der Waals surface area (Å²) in [6.45, 7) is 1.24. The van der Waals surface area contributed by atoms with Gasteiger partial charge in [0.15, 0.2) is 0 Å². The van der Waals surface area contributed by atoms with Gasteiger partial charge in [-0.3, -0.25) is 10.1 Å². The largest absolute Gasteiger partial charge is 0.320 e. The summed E-state index contributed by atoms with van der Waals surface area (Å²) in [5.74, 6) is 0.836. The molecule has 1 aromatic carbocycles. The van der Waals surface area contributed by atoms with Crippen LogP contribution in [0.25, 0.3) is 0 Å². The molecule has 2 rings (SSSR count). The molecule has 0 saturated carbocycles. The van der Waals surface area contributed by atoms with Crippen LogP contribution in [0.2, 0.25) is 0 Å². The van der Waals surface area contributed by atoms with Crippen LogP contribution >= 0.6 is 0 Å². The zero-order chi connectivity index (χ0) is 13.7. The highest BCUT2D eigenvalue weighted by atomic mass is 16.6. The van der Waals surface area contributed by atoms with Gasteiger partial charge in [-0.25, -0.2) is 0 Å². The number of nitro benzene ring substituents is 1. The van der Waals surface area contributed by atoms with E-state index in [4.69, 9.17) is 0 Å². The zero-order valence-corrected chi connectivity index (χ0v) is 10.6. The van der Waals surface area contributed by atoms with Crippen LogP contribution in [0, 0.1) is 10.1 Å². The Morgan fingerprint density at radius 2 is 2.21 bits per heavy atom. The van der Waals surface area contributed by atoms with Gasteiger partial charge in [0.1, 0.15) is 12.2 Å². The number of hydrogen-bond donors (Lipinski definition) is 1. The van der Waals surface area contributed by atoms with E-state index in [0.717, 1.165) is 11.4 Å². The van der Waals surface area contributed by atoms with Crippen molar-refractivity contribution in [1.82, 2.24) is 20.1 Å². The van der Waals surface area contributed by atoms with Gasteiger partial charge in [-0.2, -0.15) is 0 Å². The average Bonchev–Trinajstić information content (AvgIpc) is 2.80. The summed E-state index contributed by atoms with van der Waals surface area (Å²) in [6, 6.07) is 6.79. The zero-order valence-electron chi connectivity index (χ0n) is 10.6. The monoisotopic (exact) mass is 261 g/mol. The minimum absolute atomic E-state index is 0.169. The number of aryl methyl sites for hydroxylation is 1. The number of hydrogen-bond acceptors (Lipinski definition) is 5. The number of nitrogens with one attached hydrogen (secondary N) is 1. The first-order valence-corrected chi connectivity index (χ1v) is 5.94. The lowest BCUT2D eigenvalue weighted by Crippen LogP contribution is -2.19. The quantitative estimate of drug-likeness (QED) is 0.477. The number of para-hydroxylation sites is 1. The molecule has 7 heteroatoms. The molecule has 0 amide bonds. The molecule has 2 aromatic rings. The first-order chi connectivity index (χ1) is 9.18. The number of rotatable bonds is 6. The number of nitro groups is 1. The molecule has 0 aliphatic heterocycles. The van der Waals surface area contributed by atoms with Gasteiger partial charge in [0.2, 0.25) is 0 Å². The van der Waals surface area contributed by atoms with Gasteiger partial charge in [0, 0.05) is 18.7 Å². The van der Waals surface area contributed by atoms with Crippen molar-refractivity contribution in [3.05, 3.63) is 52.1 Å². The van der Waals surface area contributed by atoms with Gasteiger partial charge in [-0.05, 0) is 13.0 Å². The Morgan fingerprint density at radius 1 is 1.42 bits per heavy atom. The molecule has 0 bridgehead atoms. The topological polar surface area (TPSA) is 85.9 Å². The van der Waals surface area contributed by atoms with E-state index in [1.54, 1.807) is 18.5 Å². The van der Waals surface area contributed by atoms with Crippen LogP contribution in [0.4, 0.5) is 5.69 Å². The molecule has 1 aromatic heterocycles. The summed E-state index contributed by atoms with van der Waals surface area (Å²) in [7, 11) is 1.87. The first-order valence-electron chi connectivity index (χ1n) is 5.94. The summed E-state index contributed by atoms with van der Waals surface area (Å²) in [5, 5.41) is 21.8. The smallest absolute Gasteiger partial charge is 0.272 e. The number of aromatic nitrogens is 3. The van der Waals surface area contributed by atoms with Crippen LogP contribution in [0.3, 0.4) is 0 Å². The molecule has 100 valence electrons. The fraction of sp³-hybridized carbons (Fsp3) is 0.333. The Morgan fingerprint density at radius 3 is 2.89 bits per heavy atom. The molecule has 0 saturated heterocycles. The molecule has 0 spiro atoms. The molecule has 1 heterocycles. The van der Waals surface area contributed by atoms with E-state index >= 15 is 0 Å². The van der Waals surface area contributed by atoms with E-state index < -0.39 is 0 Å². The van der Waals surface area contributed by atoms with E-state index in [2.05, 4.69) is 15.5 Å². The lowest BCUT2D eigenvalue weighted by atomic mass is 10.1. The van der Waals surface area contributed by atoms with Crippen molar-refractivity contribution in [3.8, 4) is 0 Å². The third-order valence-corrected chi connectivity index (χ3v) is 2.85. The highest BCUT2D eigenvalue weighted by molar-refractivity contribution is 5.39.